The van der Waals surface area contributed by atoms with Gasteiger partial charge in [-0.1, -0.05) is 0 Å². The Morgan fingerprint density at radius 1 is 1.45 bits per heavy atom. The molecule has 2 aromatic heterocycles. The van der Waals surface area contributed by atoms with Crippen LogP contribution in [0.15, 0.2) is 24.5 Å². The predicted octanol–water partition coefficient (Wildman–Crippen LogP) is 1.58. The fourth-order valence-electron chi connectivity index (χ4n) is 1.98. The van der Waals surface area contributed by atoms with E-state index < -0.39 is 5.97 Å². The monoisotopic (exact) mass is 275 g/mol. The van der Waals surface area contributed by atoms with Gasteiger partial charge in [0.2, 0.25) is 0 Å². The predicted molar refractivity (Wildman–Crippen MR) is 73.8 cm³/mol. The van der Waals surface area contributed by atoms with Gasteiger partial charge in [-0.15, -0.1) is 0 Å². The lowest BCUT2D eigenvalue weighted by Gasteiger charge is -2.18. The average Bonchev–Trinajstić information content (AvgIpc) is 2.81. The molecule has 6 heteroatoms. The topological polar surface area (TPSA) is 74.9 Å². The van der Waals surface area contributed by atoms with Crippen molar-refractivity contribution in [2.24, 2.45) is 0 Å². The van der Waals surface area contributed by atoms with Crippen LogP contribution in [0.4, 0.5) is 0 Å². The van der Waals surface area contributed by atoms with Crippen molar-refractivity contribution in [3.63, 3.8) is 0 Å². The molecule has 0 unspecified atom stereocenters. The minimum Gasteiger partial charge on any atom is -0.481 e. The quantitative estimate of drug-likeness (QED) is 0.899. The lowest BCUT2D eigenvalue weighted by atomic mass is 10.3. The third kappa shape index (κ3) is 2.96. The molecule has 0 aliphatic carbocycles. The number of pyridine rings is 1. The summed E-state index contributed by atoms with van der Waals surface area (Å²) in [6.07, 6.45) is 3.45. The number of imidazole rings is 1. The van der Waals surface area contributed by atoms with E-state index >= 15 is 0 Å². The van der Waals surface area contributed by atoms with E-state index in [4.69, 9.17) is 5.11 Å². The Morgan fingerprint density at radius 3 is 2.85 bits per heavy atom. The SMILES string of the molecule is CCN(CCC(=O)O)C(=O)c1cn2ccc(C)cc2n1. The first-order valence-electron chi connectivity index (χ1n) is 6.47. The molecule has 0 aromatic carbocycles. The highest BCUT2D eigenvalue weighted by atomic mass is 16.4. The summed E-state index contributed by atoms with van der Waals surface area (Å²) >= 11 is 0. The van der Waals surface area contributed by atoms with E-state index in [1.807, 2.05) is 32.2 Å². The second kappa shape index (κ2) is 5.73. The van der Waals surface area contributed by atoms with Crippen molar-refractivity contribution in [3.8, 4) is 0 Å². The first-order chi connectivity index (χ1) is 9.51. The van der Waals surface area contributed by atoms with Crippen molar-refractivity contribution in [1.29, 1.82) is 0 Å². The van der Waals surface area contributed by atoms with Gasteiger partial charge in [0.1, 0.15) is 11.3 Å². The molecular weight excluding hydrogens is 258 g/mol. The van der Waals surface area contributed by atoms with E-state index in [1.165, 1.54) is 4.90 Å². The molecule has 6 nitrogen and oxygen atoms in total. The number of hydrogen-bond donors (Lipinski definition) is 1. The molecule has 0 atom stereocenters. The number of carboxylic acid groups (broad SMARTS) is 1. The van der Waals surface area contributed by atoms with Crippen molar-refractivity contribution in [3.05, 3.63) is 35.8 Å². The van der Waals surface area contributed by atoms with Gasteiger partial charge in [0.25, 0.3) is 5.91 Å². The number of rotatable bonds is 5. The minimum atomic E-state index is -0.915. The number of carboxylic acids is 1. The molecule has 1 amide bonds. The molecule has 2 rings (SSSR count). The second-order valence-electron chi connectivity index (χ2n) is 4.62. The number of carbonyl (C=O) groups is 2. The zero-order chi connectivity index (χ0) is 14.7. The Kier molecular flexibility index (Phi) is 4.02. The maximum Gasteiger partial charge on any atom is 0.305 e. The minimum absolute atomic E-state index is 0.0634. The summed E-state index contributed by atoms with van der Waals surface area (Å²) in [5, 5.41) is 8.70. The van der Waals surface area contributed by atoms with Crippen molar-refractivity contribution in [1.82, 2.24) is 14.3 Å². The van der Waals surface area contributed by atoms with Crippen LogP contribution in [0.2, 0.25) is 0 Å². The summed E-state index contributed by atoms with van der Waals surface area (Å²) in [5.74, 6) is -1.16. The molecule has 1 N–H and O–H groups in total. The summed E-state index contributed by atoms with van der Waals surface area (Å²) in [5.41, 5.74) is 2.12. The summed E-state index contributed by atoms with van der Waals surface area (Å²) < 4.78 is 1.78. The van der Waals surface area contributed by atoms with E-state index in [0.29, 0.717) is 17.9 Å². The molecule has 2 heterocycles. The van der Waals surface area contributed by atoms with Gasteiger partial charge in [0.15, 0.2) is 0 Å². The maximum absolute atomic E-state index is 12.3. The van der Waals surface area contributed by atoms with Gasteiger partial charge in [-0.2, -0.15) is 0 Å². The Labute approximate surface area is 116 Å². The Balaban J connectivity index is 2.22. The first-order valence-corrected chi connectivity index (χ1v) is 6.47. The van der Waals surface area contributed by atoms with Gasteiger partial charge in [-0.05, 0) is 31.5 Å². The molecule has 0 fully saturated rings. The molecule has 0 spiro atoms. The molecule has 2 aromatic rings. The average molecular weight is 275 g/mol. The number of aliphatic carboxylic acids is 1. The number of nitrogens with zero attached hydrogens (tertiary/aromatic N) is 3. The number of carbonyl (C=O) groups excluding carboxylic acids is 1. The zero-order valence-electron chi connectivity index (χ0n) is 11.5. The molecule has 0 saturated heterocycles. The maximum atomic E-state index is 12.3. The lowest BCUT2D eigenvalue weighted by Crippen LogP contribution is -2.33. The number of fused-ring (bicyclic) bond motifs is 1. The third-order valence-electron chi connectivity index (χ3n) is 3.10. The molecule has 20 heavy (non-hydrogen) atoms. The highest BCUT2D eigenvalue weighted by Crippen LogP contribution is 2.10. The van der Waals surface area contributed by atoms with Crippen LogP contribution in [-0.4, -0.2) is 44.4 Å². The van der Waals surface area contributed by atoms with Crippen molar-refractivity contribution >= 4 is 17.5 Å². The molecule has 0 radical (unpaired) electrons. The highest BCUT2D eigenvalue weighted by Gasteiger charge is 2.18. The van der Waals surface area contributed by atoms with Gasteiger partial charge >= 0.3 is 5.97 Å². The molecule has 0 aliphatic heterocycles. The van der Waals surface area contributed by atoms with Crippen molar-refractivity contribution in [2.75, 3.05) is 13.1 Å². The third-order valence-corrected chi connectivity index (χ3v) is 3.10. The van der Waals surface area contributed by atoms with Crippen LogP contribution >= 0.6 is 0 Å². The normalized spacial score (nSPS) is 10.7. The summed E-state index contributed by atoms with van der Waals surface area (Å²) in [4.78, 5) is 28.7. The summed E-state index contributed by atoms with van der Waals surface area (Å²) in [7, 11) is 0. The number of hydrogen-bond acceptors (Lipinski definition) is 3. The molecule has 0 aliphatic rings. The zero-order valence-corrected chi connectivity index (χ0v) is 11.5. The molecule has 0 bridgehead atoms. The second-order valence-corrected chi connectivity index (χ2v) is 4.62. The van der Waals surface area contributed by atoms with Crippen LogP contribution in [0, 0.1) is 6.92 Å². The number of aryl methyl sites for hydroxylation is 1. The van der Waals surface area contributed by atoms with Crippen LogP contribution in [0.5, 0.6) is 0 Å². The Hall–Kier alpha value is -2.37. The smallest absolute Gasteiger partial charge is 0.305 e. The summed E-state index contributed by atoms with van der Waals surface area (Å²) in [6, 6.07) is 3.83. The lowest BCUT2D eigenvalue weighted by molar-refractivity contribution is -0.137. The van der Waals surface area contributed by atoms with Gasteiger partial charge in [0.05, 0.1) is 6.42 Å². The fraction of sp³-hybridized carbons (Fsp3) is 0.357. The number of aromatic nitrogens is 2. The van der Waals surface area contributed by atoms with Crippen LogP contribution in [0.3, 0.4) is 0 Å². The van der Waals surface area contributed by atoms with Crippen molar-refractivity contribution < 1.29 is 14.7 Å². The van der Waals surface area contributed by atoms with Gasteiger partial charge in [0, 0.05) is 25.5 Å². The summed E-state index contributed by atoms with van der Waals surface area (Å²) in [6.45, 7) is 4.43. The van der Waals surface area contributed by atoms with Crippen LogP contribution in [-0.2, 0) is 4.79 Å². The molecule has 0 saturated carbocycles. The van der Waals surface area contributed by atoms with E-state index in [9.17, 15) is 9.59 Å². The Bertz CT molecular complexity index is 648. The van der Waals surface area contributed by atoms with Gasteiger partial charge in [-0.3, -0.25) is 9.59 Å². The number of amides is 1. The molecular formula is C14H17N3O3. The Morgan fingerprint density at radius 2 is 2.20 bits per heavy atom. The van der Waals surface area contributed by atoms with E-state index in [2.05, 4.69) is 4.98 Å². The highest BCUT2D eigenvalue weighted by molar-refractivity contribution is 5.93. The first kappa shape index (κ1) is 14.0. The van der Waals surface area contributed by atoms with Crippen LogP contribution < -0.4 is 0 Å². The molecule has 106 valence electrons. The van der Waals surface area contributed by atoms with E-state index in [1.54, 1.807) is 10.6 Å². The van der Waals surface area contributed by atoms with Gasteiger partial charge in [-0.25, -0.2) is 4.98 Å². The van der Waals surface area contributed by atoms with E-state index in [-0.39, 0.29) is 18.9 Å². The van der Waals surface area contributed by atoms with Gasteiger partial charge < -0.3 is 14.4 Å². The van der Waals surface area contributed by atoms with Crippen LogP contribution in [0.25, 0.3) is 5.65 Å². The standard InChI is InChI=1S/C14H17N3O3/c1-3-16(7-5-13(18)19)14(20)11-9-17-6-4-10(2)8-12(17)15-11/h4,6,8-9H,3,5,7H2,1-2H3,(H,18,19). The van der Waals surface area contributed by atoms with E-state index in [0.717, 1.165) is 5.56 Å². The fourth-order valence-corrected chi connectivity index (χ4v) is 1.98. The van der Waals surface area contributed by atoms with Crippen LogP contribution in [0.1, 0.15) is 29.4 Å². The van der Waals surface area contributed by atoms with Crippen molar-refractivity contribution in [2.45, 2.75) is 20.3 Å². The largest absolute Gasteiger partial charge is 0.481 e.